The first kappa shape index (κ1) is 12.9. The van der Waals surface area contributed by atoms with Crippen molar-refractivity contribution in [2.75, 3.05) is 20.1 Å². The molecular weight excluding hydrogens is 232 g/mol. The van der Waals surface area contributed by atoms with E-state index in [0.717, 1.165) is 18.6 Å². The van der Waals surface area contributed by atoms with Crippen molar-refractivity contribution >= 4 is 6.08 Å². The summed E-state index contributed by atoms with van der Waals surface area (Å²) in [5.74, 6) is 0. The summed E-state index contributed by atoms with van der Waals surface area (Å²) in [7, 11) is 2.31. The zero-order valence-corrected chi connectivity index (χ0v) is 11.9. The van der Waals surface area contributed by atoms with Gasteiger partial charge in [-0.05, 0) is 37.4 Å². The Bertz CT molecular complexity index is 454. The van der Waals surface area contributed by atoms with E-state index >= 15 is 0 Å². The summed E-state index contributed by atoms with van der Waals surface area (Å²) >= 11 is 0. The summed E-state index contributed by atoms with van der Waals surface area (Å²) in [6.45, 7) is 7.40. The van der Waals surface area contributed by atoms with Gasteiger partial charge in [0.1, 0.15) is 0 Å². The Morgan fingerprint density at radius 1 is 1.26 bits per heavy atom. The summed E-state index contributed by atoms with van der Waals surface area (Å²) < 4.78 is 0. The highest BCUT2D eigenvalue weighted by atomic mass is 15.3. The van der Waals surface area contributed by atoms with Gasteiger partial charge in [-0.25, -0.2) is 0 Å². The second-order valence-corrected chi connectivity index (χ2v) is 6.02. The van der Waals surface area contributed by atoms with Crippen LogP contribution in [-0.2, 0) is 6.54 Å². The van der Waals surface area contributed by atoms with E-state index in [1.807, 2.05) is 6.08 Å². The topological polar surface area (TPSA) is 6.48 Å². The molecule has 1 aromatic rings. The van der Waals surface area contributed by atoms with E-state index < -0.39 is 0 Å². The molecule has 0 aromatic heterocycles. The smallest absolute Gasteiger partial charge is 0.0234 e. The van der Waals surface area contributed by atoms with Crippen molar-refractivity contribution in [3.8, 4) is 0 Å². The minimum atomic E-state index is 0.773. The van der Waals surface area contributed by atoms with Gasteiger partial charge in [-0.2, -0.15) is 0 Å². The molecule has 2 aliphatic heterocycles. The number of hydrogen-bond acceptors (Lipinski definition) is 2. The summed E-state index contributed by atoms with van der Waals surface area (Å²) in [6, 6.07) is 10.4. The largest absolute Gasteiger partial charge is 0.299 e. The first-order chi connectivity index (χ1) is 9.26. The lowest BCUT2D eigenvalue weighted by Crippen LogP contribution is -2.36. The maximum atomic E-state index is 3.85. The van der Waals surface area contributed by atoms with Crippen LogP contribution in [0.3, 0.4) is 0 Å². The minimum Gasteiger partial charge on any atom is -0.299 e. The quantitative estimate of drug-likeness (QED) is 0.820. The van der Waals surface area contributed by atoms with Crippen LogP contribution in [0.15, 0.2) is 30.8 Å². The fraction of sp³-hybridized carbons (Fsp3) is 0.529. The Morgan fingerprint density at radius 3 is 2.95 bits per heavy atom. The molecule has 0 amide bonds. The van der Waals surface area contributed by atoms with Crippen molar-refractivity contribution < 1.29 is 0 Å². The van der Waals surface area contributed by atoms with Gasteiger partial charge in [-0.15, -0.1) is 0 Å². The third-order valence-corrected chi connectivity index (χ3v) is 4.83. The molecule has 0 N–H and O–H groups in total. The van der Waals surface area contributed by atoms with E-state index in [1.54, 1.807) is 0 Å². The highest BCUT2D eigenvalue weighted by molar-refractivity contribution is 5.47. The van der Waals surface area contributed by atoms with Crippen molar-refractivity contribution in [3.05, 3.63) is 42.0 Å². The SMILES string of the molecule is C=Cc1cccc(CN2CC[C@H]3CC[C@@H](C2)N3C)c1. The maximum Gasteiger partial charge on any atom is 0.0234 e. The molecule has 19 heavy (non-hydrogen) atoms. The van der Waals surface area contributed by atoms with E-state index in [9.17, 15) is 0 Å². The molecule has 2 atom stereocenters. The standard InChI is InChI=1S/C17H24N2/c1-3-14-5-4-6-15(11-14)12-19-10-9-16-7-8-17(13-19)18(16)2/h3-6,11,16-17H,1,7-10,12-13H2,2H3/t16-,17+/m1/s1. The molecule has 2 nitrogen and oxygen atoms in total. The molecule has 2 bridgehead atoms. The minimum absolute atomic E-state index is 0.773. The fourth-order valence-electron chi connectivity index (χ4n) is 3.60. The number of nitrogens with zero attached hydrogens (tertiary/aromatic N) is 2. The number of likely N-dealkylation sites (tertiary alicyclic amines) is 1. The van der Waals surface area contributed by atoms with Crippen molar-refractivity contribution in [1.82, 2.24) is 9.80 Å². The number of hydrogen-bond donors (Lipinski definition) is 0. The molecule has 0 saturated carbocycles. The van der Waals surface area contributed by atoms with Crippen LogP contribution < -0.4 is 0 Å². The molecule has 2 fully saturated rings. The Kier molecular flexibility index (Phi) is 3.72. The van der Waals surface area contributed by atoms with Crippen molar-refractivity contribution in [3.63, 3.8) is 0 Å². The number of fused-ring (bicyclic) bond motifs is 2. The Hall–Kier alpha value is -1.12. The molecule has 3 rings (SSSR count). The highest BCUT2D eigenvalue weighted by Gasteiger charge is 2.34. The first-order valence-corrected chi connectivity index (χ1v) is 7.42. The van der Waals surface area contributed by atoms with E-state index in [4.69, 9.17) is 0 Å². The Balaban J connectivity index is 1.68. The Morgan fingerprint density at radius 2 is 2.11 bits per heavy atom. The lowest BCUT2D eigenvalue weighted by Gasteiger charge is -2.25. The van der Waals surface area contributed by atoms with Gasteiger partial charge in [-0.3, -0.25) is 9.80 Å². The molecule has 2 saturated heterocycles. The van der Waals surface area contributed by atoms with Crippen LogP contribution in [0.5, 0.6) is 0 Å². The van der Waals surface area contributed by atoms with E-state index in [2.05, 4.69) is 47.7 Å². The van der Waals surface area contributed by atoms with Gasteiger partial charge < -0.3 is 0 Å². The lowest BCUT2D eigenvalue weighted by molar-refractivity contribution is 0.214. The number of likely N-dealkylation sites (N-methyl/N-ethyl adjacent to an activating group) is 1. The molecule has 1 aromatic carbocycles. The van der Waals surface area contributed by atoms with Gasteiger partial charge in [0.05, 0.1) is 0 Å². The van der Waals surface area contributed by atoms with E-state index in [-0.39, 0.29) is 0 Å². The predicted octanol–water partition coefficient (Wildman–Crippen LogP) is 3.00. The van der Waals surface area contributed by atoms with Gasteiger partial charge in [0.25, 0.3) is 0 Å². The number of rotatable bonds is 3. The average Bonchev–Trinajstić information content (AvgIpc) is 2.67. The Labute approximate surface area is 116 Å². The van der Waals surface area contributed by atoms with Crippen molar-refractivity contribution in [2.45, 2.75) is 37.9 Å². The third kappa shape index (κ3) is 2.75. The van der Waals surface area contributed by atoms with Crippen LogP contribution in [0.25, 0.3) is 6.08 Å². The van der Waals surface area contributed by atoms with Crippen LogP contribution in [0.1, 0.15) is 30.4 Å². The highest BCUT2D eigenvalue weighted by Crippen LogP contribution is 2.29. The third-order valence-electron chi connectivity index (χ3n) is 4.83. The van der Waals surface area contributed by atoms with Gasteiger partial charge in [-0.1, -0.05) is 36.9 Å². The van der Waals surface area contributed by atoms with Crippen molar-refractivity contribution in [1.29, 1.82) is 0 Å². The molecule has 2 heteroatoms. The lowest BCUT2D eigenvalue weighted by atomic mass is 10.1. The van der Waals surface area contributed by atoms with Gasteiger partial charge >= 0.3 is 0 Å². The zero-order chi connectivity index (χ0) is 13.2. The predicted molar refractivity (Wildman–Crippen MR) is 81.0 cm³/mol. The number of benzene rings is 1. The molecular formula is C17H24N2. The molecule has 0 radical (unpaired) electrons. The normalized spacial score (nSPS) is 28.3. The van der Waals surface area contributed by atoms with Crippen LogP contribution in [0.2, 0.25) is 0 Å². The molecule has 2 aliphatic rings. The average molecular weight is 256 g/mol. The summed E-state index contributed by atoms with van der Waals surface area (Å²) in [6.07, 6.45) is 6.04. The molecule has 0 unspecified atom stereocenters. The van der Waals surface area contributed by atoms with Crippen LogP contribution in [0, 0.1) is 0 Å². The summed E-state index contributed by atoms with van der Waals surface area (Å²) in [4.78, 5) is 5.24. The van der Waals surface area contributed by atoms with Crippen molar-refractivity contribution in [2.24, 2.45) is 0 Å². The zero-order valence-electron chi connectivity index (χ0n) is 11.9. The first-order valence-electron chi connectivity index (χ1n) is 7.42. The van der Waals surface area contributed by atoms with Crippen LogP contribution in [-0.4, -0.2) is 42.0 Å². The monoisotopic (exact) mass is 256 g/mol. The van der Waals surface area contributed by atoms with Crippen LogP contribution in [0.4, 0.5) is 0 Å². The fourth-order valence-corrected chi connectivity index (χ4v) is 3.60. The summed E-state index contributed by atoms with van der Waals surface area (Å²) in [5.41, 5.74) is 2.64. The second kappa shape index (κ2) is 5.48. The summed E-state index contributed by atoms with van der Waals surface area (Å²) in [5, 5.41) is 0. The molecule has 2 heterocycles. The van der Waals surface area contributed by atoms with E-state index in [0.29, 0.717) is 0 Å². The van der Waals surface area contributed by atoms with E-state index in [1.165, 1.54) is 43.5 Å². The molecule has 0 spiro atoms. The van der Waals surface area contributed by atoms with Gasteiger partial charge in [0.15, 0.2) is 0 Å². The molecule has 102 valence electrons. The second-order valence-electron chi connectivity index (χ2n) is 6.02. The molecule has 0 aliphatic carbocycles. The van der Waals surface area contributed by atoms with Gasteiger partial charge in [0.2, 0.25) is 0 Å². The van der Waals surface area contributed by atoms with Gasteiger partial charge in [0, 0.05) is 31.7 Å². The maximum absolute atomic E-state index is 3.85. The van der Waals surface area contributed by atoms with Crippen LogP contribution >= 0.6 is 0 Å².